The zero-order chi connectivity index (χ0) is 25.4. The summed E-state index contributed by atoms with van der Waals surface area (Å²) in [6, 6.07) is 19.9. The molecule has 2 aromatic heterocycles. The second-order valence-electron chi connectivity index (χ2n) is 9.81. The number of Topliss-reactive ketones (excluding diaryl/α,β-unsaturated/α-hetero) is 2. The van der Waals surface area contributed by atoms with Crippen LogP contribution in [0.1, 0.15) is 33.6 Å². The molecule has 4 aromatic rings. The van der Waals surface area contributed by atoms with Gasteiger partial charge in [0, 0.05) is 0 Å². The van der Waals surface area contributed by atoms with Crippen LogP contribution in [0.25, 0.3) is 10.8 Å². The zero-order valence-electron chi connectivity index (χ0n) is 20.1. The molecule has 1 aliphatic heterocycles. The third-order valence-corrected chi connectivity index (χ3v) is 10.6. The fourth-order valence-corrected chi connectivity index (χ4v) is 8.63. The Morgan fingerprint density at radius 2 is 1.34 bits per heavy atom. The van der Waals surface area contributed by atoms with Gasteiger partial charge in [-0.3, -0.25) is 0 Å². The normalized spacial score (nSPS) is 17.4. The molecule has 180 valence electrons. The Morgan fingerprint density at radius 3 is 1.95 bits per heavy atom. The number of allylic oxidation sites excluding steroid dienone is 7. The molecular formula is C32H19N3O2Te. The van der Waals surface area contributed by atoms with E-state index < -0.39 is 20.9 Å². The standard InChI is InChI=1S/C32H19N3O2Te/c36-29-24-16-19-5-1-2-6-20(19)17-25(24)30(37)26(29)13-18-11-21-14-23(15-22(21)12-18)35-31-27(7-3-9-33-31)38-28-8-4-10-34-32(28)35/h1-11,13,15-17H,12,14H2. The van der Waals surface area contributed by atoms with Crippen molar-refractivity contribution in [3.63, 3.8) is 0 Å². The van der Waals surface area contributed by atoms with Gasteiger partial charge in [0.1, 0.15) is 0 Å². The van der Waals surface area contributed by atoms with E-state index in [1.54, 1.807) is 6.08 Å². The summed E-state index contributed by atoms with van der Waals surface area (Å²) >= 11 is -0.535. The van der Waals surface area contributed by atoms with Crippen LogP contribution in [-0.4, -0.2) is 42.5 Å². The van der Waals surface area contributed by atoms with E-state index in [1.807, 2.05) is 60.9 Å². The number of carbonyl (C=O) groups is 2. The first-order valence-electron chi connectivity index (χ1n) is 12.5. The SMILES string of the molecule is O=C1C(=CC2=CC3=C(C=C(N4c5ncccc5[Te]c5cccnc54)C3)C2)C(=O)c2cc3ccccc3cc21. The summed E-state index contributed by atoms with van der Waals surface area (Å²) in [5.41, 5.74) is 5.90. The smallest absolute Gasteiger partial charge is 0.0616 e. The van der Waals surface area contributed by atoms with Crippen molar-refractivity contribution in [1.82, 2.24) is 9.97 Å². The molecule has 3 heterocycles. The van der Waals surface area contributed by atoms with Gasteiger partial charge in [0.2, 0.25) is 0 Å². The number of rotatable bonds is 2. The van der Waals surface area contributed by atoms with Crippen molar-refractivity contribution in [3.05, 3.63) is 130 Å². The molecule has 38 heavy (non-hydrogen) atoms. The number of carbonyl (C=O) groups excluding carboxylic acids is 2. The second kappa shape index (κ2) is 8.19. The minimum Gasteiger partial charge on any atom is -0.0616 e. The number of anilines is 2. The number of ketones is 2. The molecule has 2 aromatic carbocycles. The van der Waals surface area contributed by atoms with E-state index >= 15 is 0 Å². The van der Waals surface area contributed by atoms with Crippen molar-refractivity contribution in [3.8, 4) is 0 Å². The molecule has 0 fully saturated rings. The van der Waals surface area contributed by atoms with Crippen LogP contribution >= 0.6 is 0 Å². The molecule has 5 nitrogen and oxygen atoms in total. The third kappa shape index (κ3) is 3.24. The molecule has 0 radical (unpaired) electrons. The molecular weight excluding hydrogens is 586 g/mol. The van der Waals surface area contributed by atoms with Crippen LogP contribution in [0.2, 0.25) is 0 Å². The maximum absolute atomic E-state index is 13.2. The van der Waals surface area contributed by atoms with E-state index in [4.69, 9.17) is 9.97 Å². The summed E-state index contributed by atoms with van der Waals surface area (Å²) in [5, 5.41) is 1.94. The summed E-state index contributed by atoms with van der Waals surface area (Å²) in [4.78, 5) is 38.1. The van der Waals surface area contributed by atoms with Crippen molar-refractivity contribution >= 4 is 62.1 Å². The van der Waals surface area contributed by atoms with Gasteiger partial charge in [0.25, 0.3) is 0 Å². The van der Waals surface area contributed by atoms with Crippen LogP contribution in [0.3, 0.4) is 0 Å². The molecule has 0 atom stereocenters. The minimum atomic E-state index is -0.535. The predicted molar refractivity (Wildman–Crippen MR) is 149 cm³/mol. The Hall–Kier alpha value is -4.11. The number of benzene rings is 2. The number of aromatic nitrogens is 2. The second-order valence-corrected chi connectivity index (χ2v) is 12.9. The molecule has 0 saturated heterocycles. The molecule has 0 bridgehead atoms. The van der Waals surface area contributed by atoms with Crippen LogP contribution in [0.15, 0.2) is 119 Å². The van der Waals surface area contributed by atoms with Crippen molar-refractivity contribution < 1.29 is 9.59 Å². The number of nitrogens with zero attached hydrogens (tertiary/aromatic N) is 3. The molecule has 0 unspecified atom stereocenters. The van der Waals surface area contributed by atoms with Gasteiger partial charge in [-0.05, 0) is 22.9 Å². The topological polar surface area (TPSA) is 63.2 Å². The van der Waals surface area contributed by atoms with Gasteiger partial charge in [-0.2, -0.15) is 0 Å². The van der Waals surface area contributed by atoms with Crippen LogP contribution in [0, 0.1) is 0 Å². The van der Waals surface area contributed by atoms with Crippen molar-refractivity contribution in [2.75, 3.05) is 4.90 Å². The van der Waals surface area contributed by atoms with Crippen molar-refractivity contribution in [1.29, 1.82) is 0 Å². The molecule has 3 aliphatic carbocycles. The Balaban J connectivity index is 1.09. The van der Waals surface area contributed by atoms with Gasteiger partial charge in [-0.25, -0.2) is 0 Å². The molecule has 6 heteroatoms. The summed E-state index contributed by atoms with van der Waals surface area (Å²) < 4.78 is 2.63. The van der Waals surface area contributed by atoms with Crippen LogP contribution in [0.5, 0.6) is 0 Å². The third-order valence-electron chi connectivity index (χ3n) is 7.51. The Kier molecular flexibility index (Phi) is 4.73. The van der Waals surface area contributed by atoms with Gasteiger partial charge in [0.05, 0.1) is 0 Å². The van der Waals surface area contributed by atoms with Crippen LogP contribution in [-0.2, 0) is 0 Å². The maximum atomic E-state index is 13.2. The van der Waals surface area contributed by atoms with E-state index in [0.29, 0.717) is 17.5 Å². The number of hydrogen-bond donors (Lipinski definition) is 0. The average Bonchev–Trinajstić information content (AvgIpc) is 3.58. The van der Waals surface area contributed by atoms with Crippen LogP contribution < -0.4 is 12.1 Å². The molecule has 0 amide bonds. The van der Waals surface area contributed by atoms with Gasteiger partial charge >= 0.3 is 183 Å². The Labute approximate surface area is 229 Å². The van der Waals surface area contributed by atoms with Crippen molar-refractivity contribution in [2.45, 2.75) is 12.8 Å². The first kappa shape index (κ1) is 21.9. The molecule has 0 spiro atoms. The Morgan fingerprint density at radius 1 is 0.737 bits per heavy atom. The van der Waals surface area contributed by atoms with Crippen molar-refractivity contribution in [2.24, 2.45) is 0 Å². The number of pyridine rings is 2. The van der Waals surface area contributed by atoms with Gasteiger partial charge in [0.15, 0.2) is 0 Å². The van der Waals surface area contributed by atoms with Gasteiger partial charge in [-0.1, -0.05) is 24.3 Å². The van der Waals surface area contributed by atoms with Crippen LogP contribution in [0.4, 0.5) is 11.6 Å². The number of hydrogen-bond acceptors (Lipinski definition) is 5. The van der Waals surface area contributed by atoms with E-state index in [0.717, 1.165) is 40.1 Å². The van der Waals surface area contributed by atoms with Gasteiger partial charge in [-0.15, -0.1) is 0 Å². The Bertz CT molecular complexity index is 1790. The monoisotopic (exact) mass is 607 g/mol. The zero-order valence-corrected chi connectivity index (χ0v) is 22.5. The average molecular weight is 605 g/mol. The fourth-order valence-electron chi connectivity index (χ4n) is 5.77. The summed E-state index contributed by atoms with van der Waals surface area (Å²) in [7, 11) is 0. The van der Waals surface area contributed by atoms with E-state index in [9.17, 15) is 9.59 Å². The van der Waals surface area contributed by atoms with E-state index in [2.05, 4.69) is 29.2 Å². The first-order chi connectivity index (χ1) is 18.6. The predicted octanol–water partition coefficient (Wildman–Crippen LogP) is 4.66. The van der Waals surface area contributed by atoms with E-state index in [-0.39, 0.29) is 17.1 Å². The summed E-state index contributed by atoms with van der Waals surface area (Å²) in [6.07, 6.45) is 11.4. The number of fused-ring (bicyclic) bond motifs is 4. The van der Waals surface area contributed by atoms with Gasteiger partial charge < -0.3 is 0 Å². The first-order valence-corrected chi connectivity index (χ1v) is 14.8. The summed E-state index contributed by atoms with van der Waals surface area (Å²) in [5.74, 6) is 1.63. The molecule has 4 aliphatic rings. The molecule has 8 rings (SSSR count). The molecule has 0 saturated carbocycles. The summed E-state index contributed by atoms with van der Waals surface area (Å²) in [6.45, 7) is 0. The quantitative estimate of drug-likeness (QED) is 0.189. The fraction of sp³-hybridized carbons (Fsp3) is 0.0625. The van der Waals surface area contributed by atoms with E-state index in [1.165, 1.54) is 18.4 Å². The molecule has 0 N–H and O–H groups in total. The minimum absolute atomic E-state index is 0.178.